The molecule has 0 aliphatic rings. The van der Waals surface area contributed by atoms with E-state index < -0.39 is 36.6 Å². The van der Waals surface area contributed by atoms with Crippen LogP contribution < -0.4 is 10.1 Å². The molecule has 120 valence electrons. The number of carboxylic acids is 1. The molecule has 0 radical (unpaired) electrons. The Morgan fingerprint density at radius 1 is 1.23 bits per heavy atom. The predicted molar refractivity (Wildman–Crippen MR) is 77.8 cm³/mol. The Morgan fingerprint density at radius 3 is 2.36 bits per heavy atom. The zero-order valence-corrected chi connectivity index (χ0v) is 12.8. The normalized spacial score (nSPS) is 10.7. The molecule has 1 rings (SSSR count). The van der Waals surface area contributed by atoms with E-state index >= 15 is 0 Å². The number of nitrogens with one attached hydrogen (secondary N) is 1. The quantitative estimate of drug-likeness (QED) is 0.730. The average molecular weight is 330 g/mol. The van der Waals surface area contributed by atoms with Gasteiger partial charge in [0, 0.05) is 5.02 Å². The van der Waals surface area contributed by atoms with Gasteiger partial charge in [0.1, 0.15) is 12.3 Å². The van der Waals surface area contributed by atoms with Crippen molar-refractivity contribution in [1.29, 1.82) is 0 Å². The summed E-state index contributed by atoms with van der Waals surface area (Å²) in [7, 11) is 0. The van der Waals surface area contributed by atoms with Crippen LogP contribution in [-0.2, 0) is 19.1 Å². The Bertz CT molecular complexity index is 555. The molecule has 7 nitrogen and oxygen atoms in total. The van der Waals surface area contributed by atoms with Crippen molar-refractivity contribution < 1.29 is 29.0 Å². The first-order valence-electron chi connectivity index (χ1n) is 6.31. The molecular formula is C14H16ClNO6. The molecule has 22 heavy (non-hydrogen) atoms. The van der Waals surface area contributed by atoms with E-state index in [1.165, 1.54) is 13.8 Å². The molecule has 0 spiro atoms. The standard InChI is InChI=1S/C14H16ClNO6/c1-14(2,22-10-5-3-9(15)4-6-10)13(20)21-8-11(17)16-7-12(18)19/h3-6H,7-8H2,1-2H3,(H,16,17)(H,18,19). The van der Waals surface area contributed by atoms with Gasteiger partial charge in [-0.1, -0.05) is 11.6 Å². The number of hydrogen-bond donors (Lipinski definition) is 2. The van der Waals surface area contributed by atoms with Crippen LogP contribution >= 0.6 is 11.6 Å². The second kappa shape index (κ2) is 7.65. The Hall–Kier alpha value is -2.28. The maximum atomic E-state index is 11.9. The third-order valence-corrected chi connectivity index (χ3v) is 2.70. The minimum atomic E-state index is -1.32. The number of rotatable bonds is 7. The van der Waals surface area contributed by atoms with E-state index in [1.807, 2.05) is 0 Å². The largest absolute Gasteiger partial charge is 0.480 e. The Balaban J connectivity index is 2.50. The number of ether oxygens (including phenoxy) is 2. The van der Waals surface area contributed by atoms with Gasteiger partial charge in [-0.15, -0.1) is 0 Å². The van der Waals surface area contributed by atoms with Gasteiger partial charge in [-0.25, -0.2) is 4.79 Å². The van der Waals surface area contributed by atoms with Crippen molar-refractivity contribution in [2.24, 2.45) is 0 Å². The molecule has 0 heterocycles. The first-order valence-corrected chi connectivity index (χ1v) is 6.69. The summed E-state index contributed by atoms with van der Waals surface area (Å²) in [6.45, 7) is 1.85. The molecule has 1 aromatic carbocycles. The van der Waals surface area contributed by atoms with Crippen molar-refractivity contribution in [3.05, 3.63) is 29.3 Å². The van der Waals surface area contributed by atoms with Crippen molar-refractivity contribution in [3.8, 4) is 5.75 Å². The number of carbonyl (C=O) groups excluding carboxylic acids is 2. The second-order valence-corrected chi connectivity index (χ2v) is 5.25. The van der Waals surface area contributed by atoms with Gasteiger partial charge < -0.3 is 19.9 Å². The summed E-state index contributed by atoms with van der Waals surface area (Å²) < 4.78 is 10.3. The van der Waals surface area contributed by atoms with E-state index in [2.05, 4.69) is 5.32 Å². The monoisotopic (exact) mass is 329 g/mol. The van der Waals surface area contributed by atoms with E-state index in [0.717, 1.165) is 0 Å². The predicted octanol–water partition coefficient (Wildman–Crippen LogP) is 1.24. The van der Waals surface area contributed by atoms with Crippen LogP contribution in [0.4, 0.5) is 0 Å². The topological polar surface area (TPSA) is 102 Å². The van der Waals surface area contributed by atoms with E-state index in [1.54, 1.807) is 24.3 Å². The number of halogens is 1. The lowest BCUT2D eigenvalue weighted by atomic mass is 10.1. The summed E-state index contributed by atoms with van der Waals surface area (Å²) in [6.07, 6.45) is 0. The maximum absolute atomic E-state index is 11.9. The van der Waals surface area contributed by atoms with E-state index in [4.69, 9.17) is 26.2 Å². The highest BCUT2D eigenvalue weighted by atomic mass is 35.5. The number of hydrogen-bond acceptors (Lipinski definition) is 5. The first-order chi connectivity index (χ1) is 10.2. The third-order valence-electron chi connectivity index (χ3n) is 2.45. The fraction of sp³-hybridized carbons (Fsp3) is 0.357. The number of benzene rings is 1. The van der Waals surface area contributed by atoms with Gasteiger partial charge in [0.15, 0.2) is 12.2 Å². The molecule has 0 atom stereocenters. The number of aliphatic carboxylic acids is 1. The molecule has 0 aromatic heterocycles. The van der Waals surface area contributed by atoms with Crippen LogP contribution in [0.2, 0.25) is 5.02 Å². The van der Waals surface area contributed by atoms with Crippen molar-refractivity contribution in [2.75, 3.05) is 13.2 Å². The highest BCUT2D eigenvalue weighted by Crippen LogP contribution is 2.21. The molecule has 1 aromatic rings. The Morgan fingerprint density at radius 2 is 1.82 bits per heavy atom. The minimum Gasteiger partial charge on any atom is -0.480 e. The van der Waals surface area contributed by atoms with Gasteiger partial charge in [-0.2, -0.15) is 0 Å². The summed E-state index contributed by atoms with van der Waals surface area (Å²) in [5, 5.41) is 11.0. The SMILES string of the molecule is CC(C)(Oc1ccc(Cl)cc1)C(=O)OCC(=O)NCC(=O)O. The molecule has 8 heteroatoms. The molecule has 0 aliphatic heterocycles. The molecule has 0 aliphatic carbocycles. The third kappa shape index (κ3) is 6.01. The van der Waals surface area contributed by atoms with E-state index in [9.17, 15) is 14.4 Å². The number of carboxylic acid groups (broad SMARTS) is 1. The van der Waals surface area contributed by atoms with Crippen LogP contribution in [0.5, 0.6) is 5.75 Å². The number of amides is 1. The summed E-state index contributed by atoms with van der Waals surface area (Å²) in [6, 6.07) is 6.41. The molecule has 0 bridgehead atoms. The first kappa shape index (κ1) is 17.8. The van der Waals surface area contributed by atoms with Crippen LogP contribution in [0.1, 0.15) is 13.8 Å². The molecule has 0 saturated heterocycles. The van der Waals surface area contributed by atoms with Gasteiger partial charge in [0.25, 0.3) is 5.91 Å². The summed E-state index contributed by atoms with van der Waals surface area (Å²) in [5.41, 5.74) is -1.32. The lowest BCUT2D eigenvalue weighted by molar-refractivity contribution is -0.162. The number of carbonyl (C=O) groups is 3. The van der Waals surface area contributed by atoms with Gasteiger partial charge in [0.05, 0.1) is 0 Å². The van der Waals surface area contributed by atoms with Crippen LogP contribution in [0, 0.1) is 0 Å². The second-order valence-electron chi connectivity index (χ2n) is 4.81. The van der Waals surface area contributed by atoms with Crippen LogP contribution in [0.3, 0.4) is 0 Å². The van der Waals surface area contributed by atoms with Gasteiger partial charge in [-0.05, 0) is 38.1 Å². The van der Waals surface area contributed by atoms with E-state index in [0.29, 0.717) is 10.8 Å². The molecule has 0 saturated carbocycles. The van der Waals surface area contributed by atoms with Crippen LogP contribution in [0.25, 0.3) is 0 Å². The molecular weight excluding hydrogens is 314 g/mol. The Kier molecular flexibility index (Phi) is 6.18. The smallest absolute Gasteiger partial charge is 0.350 e. The fourth-order valence-corrected chi connectivity index (χ4v) is 1.50. The highest BCUT2D eigenvalue weighted by molar-refractivity contribution is 6.30. The van der Waals surface area contributed by atoms with Crippen LogP contribution in [0.15, 0.2) is 24.3 Å². The van der Waals surface area contributed by atoms with Crippen LogP contribution in [-0.4, -0.2) is 41.7 Å². The molecule has 0 fully saturated rings. The van der Waals surface area contributed by atoms with Crippen molar-refractivity contribution in [2.45, 2.75) is 19.4 Å². The van der Waals surface area contributed by atoms with Crippen molar-refractivity contribution in [3.63, 3.8) is 0 Å². The minimum absolute atomic E-state index is 0.418. The zero-order chi connectivity index (χ0) is 16.8. The Labute approximate surface area is 132 Å². The lowest BCUT2D eigenvalue weighted by Gasteiger charge is -2.24. The van der Waals surface area contributed by atoms with Gasteiger partial charge >= 0.3 is 11.9 Å². The lowest BCUT2D eigenvalue weighted by Crippen LogP contribution is -2.42. The average Bonchev–Trinajstić information content (AvgIpc) is 2.44. The van der Waals surface area contributed by atoms with Crippen molar-refractivity contribution >= 4 is 29.4 Å². The van der Waals surface area contributed by atoms with Crippen molar-refractivity contribution in [1.82, 2.24) is 5.32 Å². The fourth-order valence-electron chi connectivity index (χ4n) is 1.37. The number of esters is 1. The van der Waals surface area contributed by atoms with E-state index in [-0.39, 0.29) is 0 Å². The maximum Gasteiger partial charge on any atom is 0.350 e. The summed E-state index contributed by atoms with van der Waals surface area (Å²) in [4.78, 5) is 33.5. The zero-order valence-electron chi connectivity index (χ0n) is 12.1. The molecule has 1 amide bonds. The summed E-state index contributed by atoms with van der Waals surface area (Å²) in [5.74, 6) is -2.24. The highest BCUT2D eigenvalue weighted by Gasteiger charge is 2.32. The van der Waals surface area contributed by atoms with Gasteiger partial charge in [0.2, 0.25) is 0 Å². The molecule has 0 unspecified atom stereocenters. The summed E-state index contributed by atoms with van der Waals surface area (Å²) >= 11 is 5.75. The van der Waals surface area contributed by atoms with Gasteiger partial charge in [-0.3, -0.25) is 9.59 Å². The molecule has 2 N–H and O–H groups in total.